The average Bonchev–Trinajstić information content (AvgIpc) is 3.06. The normalized spacial score (nSPS) is 13.9. The van der Waals surface area contributed by atoms with E-state index in [1.165, 1.54) is 34.4 Å². The van der Waals surface area contributed by atoms with E-state index >= 15 is 0 Å². The van der Waals surface area contributed by atoms with Crippen molar-refractivity contribution in [3.05, 3.63) is 34.9 Å². The molecule has 1 aromatic rings. The molecule has 0 bridgehead atoms. The van der Waals surface area contributed by atoms with E-state index in [0.717, 1.165) is 5.76 Å². The van der Waals surface area contributed by atoms with Gasteiger partial charge in [0.2, 0.25) is 0 Å². The van der Waals surface area contributed by atoms with Gasteiger partial charge >= 0.3 is 0 Å². The third kappa shape index (κ3) is 2.20. The fourth-order valence-corrected chi connectivity index (χ4v) is 2.15. The lowest BCUT2D eigenvalue weighted by molar-refractivity contribution is 0.368. The molecule has 15 heavy (non-hydrogen) atoms. The van der Waals surface area contributed by atoms with Crippen LogP contribution >= 0.6 is 11.8 Å². The van der Waals surface area contributed by atoms with Crippen molar-refractivity contribution in [3.63, 3.8) is 0 Å². The Morgan fingerprint density at radius 1 is 1.33 bits per heavy atom. The van der Waals surface area contributed by atoms with Crippen LogP contribution in [0.1, 0.15) is 24.0 Å². The molecule has 0 unspecified atom stereocenters. The van der Waals surface area contributed by atoms with Gasteiger partial charge in [0.15, 0.2) is 0 Å². The molecule has 0 aliphatic heterocycles. The smallest absolute Gasteiger partial charge is 0.125 e. The van der Waals surface area contributed by atoms with E-state index in [2.05, 4.69) is 31.4 Å². The molecule has 2 heteroatoms. The molecule has 80 valence electrons. The highest BCUT2D eigenvalue weighted by molar-refractivity contribution is 7.98. The summed E-state index contributed by atoms with van der Waals surface area (Å²) in [5.41, 5.74) is 4.01. The van der Waals surface area contributed by atoms with Crippen LogP contribution in [0.3, 0.4) is 0 Å². The van der Waals surface area contributed by atoms with Crippen LogP contribution in [0.25, 0.3) is 5.76 Å². The molecule has 0 amide bonds. The molecule has 0 N–H and O–H groups in total. The number of benzene rings is 1. The van der Waals surface area contributed by atoms with Crippen molar-refractivity contribution in [2.75, 3.05) is 13.4 Å². The van der Waals surface area contributed by atoms with Gasteiger partial charge in [-0.05, 0) is 49.3 Å². The van der Waals surface area contributed by atoms with E-state index in [4.69, 9.17) is 4.74 Å². The zero-order valence-electron chi connectivity index (χ0n) is 9.46. The summed E-state index contributed by atoms with van der Waals surface area (Å²) < 4.78 is 5.51. The third-order valence-electron chi connectivity index (χ3n) is 2.71. The molecular formula is C13H16OS. The van der Waals surface area contributed by atoms with E-state index in [0.29, 0.717) is 0 Å². The van der Waals surface area contributed by atoms with Gasteiger partial charge < -0.3 is 4.74 Å². The van der Waals surface area contributed by atoms with Crippen molar-refractivity contribution in [2.24, 2.45) is 0 Å². The summed E-state index contributed by atoms with van der Waals surface area (Å²) in [5.74, 6) is 1.10. The van der Waals surface area contributed by atoms with Gasteiger partial charge in [-0.2, -0.15) is 0 Å². The predicted molar refractivity (Wildman–Crippen MR) is 66.1 cm³/mol. The average molecular weight is 220 g/mol. The van der Waals surface area contributed by atoms with E-state index in [1.807, 2.05) is 0 Å². The summed E-state index contributed by atoms with van der Waals surface area (Å²) in [5, 5.41) is 0. The maximum absolute atomic E-state index is 5.51. The third-order valence-corrected chi connectivity index (χ3v) is 3.44. The summed E-state index contributed by atoms with van der Waals surface area (Å²) >= 11 is 1.77. The lowest BCUT2D eigenvalue weighted by Crippen LogP contribution is -1.92. The molecule has 0 saturated heterocycles. The van der Waals surface area contributed by atoms with Crippen LogP contribution in [0.15, 0.2) is 28.7 Å². The zero-order valence-corrected chi connectivity index (χ0v) is 10.3. The SMILES string of the molecule is COC(=C1CC1)c1cc(SC)ccc1C. The van der Waals surface area contributed by atoms with Crippen LogP contribution in [0, 0.1) is 6.92 Å². The zero-order chi connectivity index (χ0) is 10.8. The number of methoxy groups -OCH3 is 1. The first kappa shape index (κ1) is 10.6. The maximum Gasteiger partial charge on any atom is 0.125 e. The Morgan fingerprint density at radius 3 is 2.60 bits per heavy atom. The predicted octanol–water partition coefficient (Wildman–Crippen LogP) is 3.87. The number of hydrogen-bond acceptors (Lipinski definition) is 2. The Balaban J connectivity index is 2.46. The molecule has 0 heterocycles. The molecule has 2 rings (SSSR count). The lowest BCUT2D eigenvalue weighted by Gasteiger charge is -2.10. The number of hydrogen-bond donors (Lipinski definition) is 0. The molecule has 0 aromatic heterocycles. The number of rotatable bonds is 3. The van der Waals surface area contributed by atoms with Gasteiger partial charge in [0.1, 0.15) is 5.76 Å². The summed E-state index contributed by atoms with van der Waals surface area (Å²) in [4.78, 5) is 1.30. The van der Waals surface area contributed by atoms with Crippen LogP contribution in [-0.2, 0) is 4.74 Å². The maximum atomic E-state index is 5.51. The van der Waals surface area contributed by atoms with Gasteiger partial charge in [0, 0.05) is 10.5 Å². The van der Waals surface area contributed by atoms with Crippen LogP contribution in [0.2, 0.25) is 0 Å². The standard InChI is InChI=1S/C13H16OS/c1-9-4-7-11(15-3)8-12(9)13(14-2)10-5-6-10/h4,7-8H,5-6H2,1-3H3. The molecule has 0 atom stereocenters. The first-order valence-corrected chi connectivity index (χ1v) is 6.39. The highest BCUT2D eigenvalue weighted by Crippen LogP contribution is 2.38. The van der Waals surface area contributed by atoms with Crippen LogP contribution < -0.4 is 0 Å². The van der Waals surface area contributed by atoms with Gasteiger partial charge in [-0.25, -0.2) is 0 Å². The van der Waals surface area contributed by atoms with Crippen molar-refractivity contribution in [3.8, 4) is 0 Å². The summed E-state index contributed by atoms with van der Waals surface area (Å²) in [6.45, 7) is 2.14. The molecule has 1 aliphatic rings. The monoisotopic (exact) mass is 220 g/mol. The summed E-state index contributed by atoms with van der Waals surface area (Å²) in [6, 6.07) is 6.56. The first-order valence-electron chi connectivity index (χ1n) is 5.17. The molecular weight excluding hydrogens is 204 g/mol. The van der Waals surface area contributed by atoms with Gasteiger partial charge in [-0.1, -0.05) is 6.07 Å². The highest BCUT2D eigenvalue weighted by Gasteiger charge is 2.21. The second-order valence-corrected chi connectivity index (χ2v) is 4.70. The van der Waals surface area contributed by atoms with E-state index in [1.54, 1.807) is 18.9 Å². The minimum absolute atomic E-state index is 1.10. The van der Waals surface area contributed by atoms with Crippen molar-refractivity contribution in [1.29, 1.82) is 0 Å². The minimum atomic E-state index is 1.10. The fourth-order valence-electron chi connectivity index (χ4n) is 1.71. The van der Waals surface area contributed by atoms with E-state index < -0.39 is 0 Å². The minimum Gasteiger partial charge on any atom is -0.496 e. The van der Waals surface area contributed by atoms with Gasteiger partial charge in [0.25, 0.3) is 0 Å². The highest BCUT2D eigenvalue weighted by atomic mass is 32.2. The molecule has 0 spiro atoms. The molecule has 1 fully saturated rings. The van der Waals surface area contributed by atoms with Gasteiger partial charge in [0.05, 0.1) is 7.11 Å². The van der Waals surface area contributed by atoms with Crippen LogP contribution in [0.4, 0.5) is 0 Å². The first-order chi connectivity index (χ1) is 7.26. The van der Waals surface area contributed by atoms with Crippen molar-refractivity contribution in [2.45, 2.75) is 24.7 Å². The largest absolute Gasteiger partial charge is 0.496 e. The Labute approximate surface area is 95.5 Å². The Morgan fingerprint density at radius 2 is 2.07 bits per heavy atom. The number of thioether (sulfide) groups is 1. The van der Waals surface area contributed by atoms with E-state index in [-0.39, 0.29) is 0 Å². The van der Waals surface area contributed by atoms with Crippen molar-refractivity contribution >= 4 is 17.5 Å². The van der Waals surface area contributed by atoms with Gasteiger partial charge in [-0.15, -0.1) is 11.8 Å². The van der Waals surface area contributed by atoms with Crippen LogP contribution in [0.5, 0.6) is 0 Å². The molecule has 1 aromatic carbocycles. The van der Waals surface area contributed by atoms with E-state index in [9.17, 15) is 0 Å². The summed E-state index contributed by atoms with van der Waals surface area (Å²) in [7, 11) is 1.77. The molecule has 1 saturated carbocycles. The Kier molecular flexibility index (Phi) is 3.06. The van der Waals surface area contributed by atoms with Crippen molar-refractivity contribution < 1.29 is 4.74 Å². The topological polar surface area (TPSA) is 9.23 Å². The molecule has 1 nitrogen and oxygen atoms in total. The van der Waals surface area contributed by atoms with Crippen molar-refractivity contribution in [1.82, 2.24) is 0 Å². The van der Waals surface area contributed by atoms with Crippen LogP contribution in [-0.4, -0.2) is 13.4 Å². The quantitative estimate of drug-likeness (QED) is 0.565. The number of aryl methyl sites for hydroxylation is 1. The number of allylic oxidation sites excluding steroid dienone is 1. The molecule has 1 aliphatic carbocycles. The second-order valence-electron chi connectivity index (χ2n) is 3.82. The Hall–Kier alpha value is -0.890. The number of ether oxygens (including phenoxy) is 1. The second kappa shape index (κ2) is 4.31. The Bertz CT molecular complexity index is 401. The van der Waals surface area contributed by atoms with Gasteiger partial charge in [-0.3, -0.25) is 0 Å². The molecule has 0 radical (unpaired) electrons. The summed E-state index contributed by atoms with van der Waals surface area (Å²) in [6.07, 6.45) is 4.50. The lowest BCUT2D eigenvalue weighted by atomic mass is 10.1. The fraction of sp³-hybridized carbons (Fsp3) is 0.385.